The Hall–Kier alpha value is -5.26. The minimum absolute atomic E-state index is 0.276. The molecule has 0 saturated carbocycles. The Kier molecular flexibility index (Phi) is 8.55. The quantitative estimate of drug-likeness (QED) is 0.121. The second-order valence-electron chi connectivity index (χ2n) is 11.3. The fraction of sp³-hybridized carbons (Fsp3) is 0.0526. The summed E-state index contributed by atoms with van der Waals surface area (Å²) in [6.45, 7) is 4.08. The van der Waals surface area contributed by atoms with E-state index in [9.17, 15) is 17.5 Å². The molecule has 7 rings (SSSR count). The Bertz CT molecular complexity index is 2180. The molecular weight excluding hydrogens is 645 g/mol. The van der Waals surface area contributed by atoms with Crippen molar-refractivity contribution >= 4 is 44.5 Å². The van der Waals surface area contributed by atoms with Crippen LogP contribution in [0.5, 0.6) is 11.5 Å². The molecule has 0 aliphatic rings. The minimum atomic E-state index is -2.43. The lowest BCUT2D eigenvalue weighted by molar-refractivity contribution is 0.456. The molecule has 0 fully saturated rings. The molecule has 0 amide bonds. The second-order valence-corrected chi connectivity index (χ2v) is 12.6. The first-order valence-corrected chi connectivity index (χ1v) is 17.0. The van der Waals surface area contributed by atoms with E-state index >= 15 is 0 Å². The zero-order valence-corrected chi connectivity index (χ0v) is 27.4. The molecular formula is C38H28N2O6S2. The monoisotopic (exact) mass is 672 g/mol. The number of rotatable bonds is 8. The summed E-state index contributed by atoms with van der Waals surface area (Å²) in [7, 11) is 0. The van der Waals surface area contributed by atoms with Crippen LogP contribution in [-0.4, -0.2) is 27.5 Å². The van der Waals surface area contributed by atoms with Crippen LogP contribution in [0.1, 0.15) is 11.1 Å². The van der Waals surface area contributed by atoms with Crippen molar-refractivity contribution in [3.63, 3.8) is 0 Å². The van der Waals surface area contributed by atoms with Gasteiger partial charge in [-0.2, -0.15) is 8.42 Å². The number of hydrogen-bond donors (Lipinski definition) is 2. The molecule has 0 aliphatic carbocycles. The van der Waals surface area contributed by atoms with Crippen molar-refractivity contribution in [2.24, 2.45) is 0 Å². The topological polar surface area (TPSA) is 119 Å². The van der Waals surface area contributed by atoms with Crippen molar-refractivity contribution in [3.8, 4) is 56.3 Å². The summed E-state index contributed by atoms with van der Waals surface area (Å²) in [4.78, 5) is 10.5. The number of pyridine rings is 2. The van der Waals surface area contributed by atoms with Gasteiger partial charge in [0.2, 0.25) is 0 Å². The molecule has 2 unspecified atom stereocenters. The number of benzene rings is 5. The van der Waals surface area contributed by atoms with E-state index in [0.29, 0.717) is 11.0 Å². The van der Waals surface area contributed by atoms with E-state index in [1.165, 1.54) is 0 Å². The third-order valence-corrected chi connectivity index (χ3v) is 8.79. The summed E-state index contributed by atoms with van der Waals surface area (Å²) in [6, 6.07) is 38.6. The molecule has 2 aromatic heterocycles. The van der Waals surface area contributed by atoms with E-state index < -0.39 is 22.7 Å². The van der Waals surface area contributed by atoms with Gasteiger partial charge in [-0.15, -0.1) is 0 Å². The Labute approximate surface area is 282 Å². The molecule has 7 aromatic rings. The van der Waals surface area contributed by atoms with E-state index in [4.69, 9.17) is 18.3 Å². The molecule has 2 N–H and O–H groups in total. The van der Waals surface area contributed by atoms with Crippen molar-refractivity contribution in [1.82, 2.24) is 9.97 Å². The molecule has 2 heterocycles. The summed E-state index contributed by atoms with van der Waals surface area (Å²) in [5, 5.41) is 1.76. The van der Waals surface area contributed by atoms with Crippen LogP contribution in [0.25, 0.3) is 66.6 Å². The van der Waals surface area contributed by atoms with Gasteiger partial charge >= 0.3 is 22.7 Å². The first-order chi connectivity index (χ1) is 23.2. The van der Waals surface area contributed by atoms with Gasteiger partial charge in [0.05, 0.1) is 22.4 Å². The third kappa shape index (κ3) is 6.47. The highest BCUT2D eigenvalue weighted by molar-refractivity contribution is 7.74. The van der Waals surface area contributed by atoms with Gasteiger partial charge in [0.25, 0.3) is 0 Å². The first kappa shape index (κ1) is 31.3. The molecule has 238 valence electrons. The minimum Gasteiger partial charge on any atom is -0.380 e. The van der Waals surface area contributed by atoms with Gasteiger partial charge in [-0.1, -0.05) is 96.1 Å². The maximum Gasteiger partial charge on any atom is 0.357 e. The number of aryl methyl sites for hydroxylation is 2. The normalized spacial score (nSPS) is 12.6. The summed E-state index contributed by atoms with van der Waals surface area (Å²) in [6.07, 6.45) is 0. The van der Waals surface area contributed by atoms with Gasteiger partial charge in [0.15, 0.2) is 0 Å². The van der Waals surface area contributed by atoms with Crippen molar-refractivity contribution in [3.05, 3.63) is 132 Å². The van der Waals surface area contributed by atoms with Crippen LogP contribution in [0.2, 0.25) is 0 Å². The Balaban J connectivity index is 1.52. The highest BCUT2D eigenvalue weighted by Gasteiger charge is 2.18. The van der Waals surface area contributed by atoms with Crippen LogP contribution >= 0.6 is 0 Å². The molecule has 2 atom stereocenters. The maximum atomic E-state index is 11.2. The van der Waals surface area contributed by atoms with E-state index in [1.54, 1.807) is 24.3 Å². The lowest BCUT2D eigenvalue weighted by Gasteiger charge is -2.16. The van der Waals surface area contributed by atoms with E-state index in [1.807, 2.05) is 86.6 Å². The van der Waals surface area contributed by atoms with E-state index in [2.05, 4.69) is 24.3 Å². The maximum absolute atomic E-state index is 11.2. The van der Waals surface area contributed by atoms with Crippen molar-refractivity contribution in [2.75, 3.05) is 0 Å². The molecule has 0 aliphatic heterocycles. The zero-order chi connectivity index (χ0) is 33.4. The molecule has 0 bridgehead atoms. The highest BCUT2D eigenvalue weighted by Crippen LogP contribution is 2.40. The van der Waals surface area contributed by atoms with Crippen LogP contribution < -0.4 is 8.37 Å². The van der Waals surface area contributed by atoms with Crippen LogP contribution in [0.3, 0.4) is 0 Å². The molecule has 0 radical (unpaired) electrons. The van der Waals surface area contributed by atoms with Crippen molar-refractivity contribution in [2.45, 2.75) is 13.8 Å². The zero-order valence-electron chi connectivity index (χ0n) is 25.8. The fourth-order valence-electron chi connectivity index (χ4n) is 5.74. The first-order valence-electron chi connectivity index (χ1n) is 14.9. The predicted molar refractivity (Wildman–Crippen MR) is 191 cm³/mol. The summed E-state index contributed by atoms with van der Waals surface area (Å²) < 4.78 is 50.8. The number of hydrogen-bond acceptors (Lipinski definition) is 6. The largest absolute Gasteiger partial charge is 0.380 e. The van der Waals surface area contributed by atoms with Gasteiger partial charge in [0, 0.05) is 21.9 Å². The predicted octanol–water partition coefficient (Wildman–Crippen LogP) is 9.10. The molecule has 10 heteroatoms. The van der Waals surface area contributed by atoms with Gasteiger partial charge < -0.3 is 8.37 Å². The van der Waals surface area contributed by atoms with Gasteiger partial charge in [-0.3, -0.25) is 9.11 Å². The Morgan fingerprint density at radius 1 is 0.479 bits per heavy atom. The molecule has 8 nitrogen and oxygen atoms in total. The number of aromatic nitrogens is 2. The van der Waals surface area contributed by atoms with E-state index in [0.717, 1.165) is 66.7 Å². The number of fused-ring (bicyclic) bond motifs is 3. The molecule has 48 heavy (non-hydrogen) atoms. The molecule has 0 spiro atoms. The summed E-state index contributed by atoms with van der Waals surface area (Å²) >= 11 is -4.86. The SMILES string of the molecule is Cc1ccc(-c2cc(-c3ccc(OS(=O)O)cc3)c3ccc4c(-c5ccc(OS(=O)O)cc5)cc(-c5ccc(C)cc5)nc4c3n2)cc1. The van der Waals surface area contributed by atoms with Crippen LogP contribution in [0.15, 0.2) is 121 Å². The van der Waals surface area contributed by atoms with Gasteiger partial charge in [-0.25, -0.2) is 9.97 Å². The van der Waals surface area contributed by atoms with Gasteiger partial charge in [-0.05, 0) is 72.5 Å². The smallest absolute Gasteiger partial charge is 0.357 e. The fourth-order valence-corrected chi connectivity index (χ4v) is 6.29. The third-order valence-electron chi connectivity index (χ3n) is 8.12. The van der Waals surface area contributed by atoms with E-state index in [-0.39, 0.29) is 11.5 Å². The number of nitrogens with zero attached hydrogens (tertiary/aromatic N) is 2. The standard InChI is InChI=1S/C38H28N2O6S2/c1-23-3-7-27(8-4-23)35-21-33(25-11-15-29(16-12-25)45-47(41)42)31-19-20-32-34(26-13-17-30(18-14-26)46-48(43)44)22-36(40-38(32)37(31)39-35)28-9-5-24(2)6-10-28/h3-22H,1-2H3,(H,41,42)(H,43,44). The van der Waals surface area contributed by atoms with Crippen LogP contribution in [0.4, 0.5) is 0 Å². The summed E-state index contributed by atoms with van der Waals surface area (Å²) in [5.74, 6) is 0.552. The van der Waals surface area contributed by atoms with Crippen molar-refractivity contribution < 1.29 is 25.9 Å². The van der Waals surface area contributed by atoms with Crippen LogP contribution in [0, 0.1) is 13.8 Å². The molecule has 0 saturated heterocycles. The molecule has 5 aromatic carbocycles. The highest BCUT2D eigenvalue weighted by atomic mass is 32.2. The summed E-state index contributed by atoms with van der Waals surface area (Å²) in [5.41, 5.74) is 10.7. The average molecular weight is 673 g/mol. The second kappa shape index (κ2) is 13.1. The lowest BCUT2D eigenvalue weighted by Crippen LogP contribution is -1.98. The van der Waals surface area contributed by atoms with Crippen molar-refractivity contribution in [1.29, 1.82) is 0 Å². The Morgan fingerprint density at radius 2 is 0.812 bits per heavy atom. The van der Waals surface area contributed by atoms with Gasteiger partial charge in [0.1, 0.15) is 11.5 Å². The average Bonchev–Trinajstić information content (AvgIpc) is 3.08. The Morgan fingerprint density at radius 3 is 1.15 bits per heavy atom. The lowest BCUT2D eigenvalue weighted by atomic mass is 9.93. The van der Waals surface area contributed by atoms with Crippen LogP contribution in [-0.2, 0) is 22.7 Å².